The van der Waals surface area contributed by atoms with Crippen LogP contribution in [-0.2, 0) is 11.2 Å². The Bertz CT molecular complexity index is 827. The Morgan fingerprint density at radius 3 is 2.81 bits per heavy atom. The minimum Gasteiger partial charge on any atom is -0.356 e. The van der Waals surface area contributed by atoms with E-state index in [-0.39, 0.29) is 36.6 Å². The summed E-state index contributed by atoms with van der Waals surface area (Å²) in [4.78, 5) is 16.5. The summed E-state index contributed by atoms with van der Waals surface area (Å²) in [6.07, 6.45) is 4.86. The van der Waals surface area contributed by atoms with E-state index in [4.69, 9.17) is 5.73 Å². The molecule has 2 aromatic rings. The van der Waals surface area contributed by atoms with Gasteiger partial charge in [-0.3, -0.25) is 4.79 Å². The average molecular weight is 377 g/mol. The number of halogens is 2. The predicted molar refractivity (Wildman–Crippen MR) is 96.3 cm³/mol. The molecular weight excluding hydrogens is 352 g/mol. The van der Waals surface area contributed by atoms with Crippen LogP contribution in [0.15, 0.2) is 18.3 Å². The number of amides is 1. The van der Waals surface area contributed by atoms with Gasteiger partial charge in [-0.15, -0.1) is 0 Å². The highest BCUT2D eigenvalue weighted by atomic mass is 19.3. The minimum absolute atomic E-state index is 0.0138. The Morgan fingerprint density at radius 2 is 2.07 bits per heavy atom. The van der Waals surface area contributed by atoms with Crippen LogP contribution in [-0.4, -0.2) is 33.0 Å². The molecule has 0 aromatic carbocycles. The van der Waals surface area contributed by atoms with Crippen LogP contribution in [0.1, 0.15) is 56.0 Å². The minimum atomic E-state index is -2.56. The van der Waals surface area contributed by atoms with Crippen LogP contribution in [0.25, 0.3) is 5.65 Å². The molecule has 1 saturated carbocycles. The summed E-state index contributed by atoms with van der Waals surface area (Å²) in [6.45, 7) is 0.748. The molecule has 1 aliphatic carbocycles. The first-order valence-electron chi connectivity index (χ1n) is 9.68. The van der Waals surface area contributed by atoms with Crippen LogP contribution in [0, 0.1) is 11.8 Å². The van der Waals surface area contributed by atoms with E-state index in [1.165, 1.54) is 0 Å². The molecule has 8 heteroatoms. The quantitative estimate of drug-likeness (QED) is 0.858. The zero-order chi connectivity index (χ0) is 19.0. The zero-order valence-electron chi connectivity index (χ0n) is 15.2. The molecule has 4 rings (SSSR count). The maximum absolute atomic E-state index is 13.4. The first-order chi connectivity index (χ1) is 12.9. The van der Waals surface area contributed by atoms with Gasteiger partial charge in [0.05, 0.1) is 23.6 Å². The molecule has 0 bridgehead atoms. The third-order valence-electron chi connectivity index (χ3n) is 5.86. The van der Waals surface area contributed by atoms with Crippen molar-refractivity contribution < 1.29 is 13.6 Å². The van der Waals surface area contributed by atoms with E-state index in [1.54, 1.807) is 10.7 Å². The lowest BCUT2D eigenvalue weighted by atomic mass is 9.81. The Labute approximate surface area is 156 Å². The molecule has 2 aliphatic rings. The van der Waals surface area contributed by atoms with Gasteiger partial charge in [0.1, 0.15) is 0 Å². The SMILES string of the molecule is N[C@H](c1cn2nc(C[C@H]3CCCNC3=O)ccc2n1)C1CCC(F)(F)CC1. The van der Waals surface area contributed by atoms with Gasteiger partial charge in [-0.2, -0.15) is 5.10 Å². The smallest absolute Gasteiger partial charge is 0.248 e. The Hall–Kier alpha value is -2.09. The Kier molecular flexibility index (Phi) is 4.84. The van der Waals surface area contributed by atoms with Gasteiger partial charge in [-0.25, -0.2) is 18.3 Å². The van der Waals surface area contributed by atoms with Gasteiger partial charge in [-0.05, 0) is 43.7 Å². The molecule has 1 amide bonds. The van der Waals surface area contributed by atoms with Crippen molar-refractivity contribution in [2.75, 3.05) is 6.54 Å². The van der Waals surface area contributed by atoms with Crippen LogP contribution in [0.5, 0.6) is 0 Å². The van der Waals surface area contributed by atoms with Gasteiger partial charge >= 0.3 is 0 Å². The van der Waals surface area contributed by atoms with Crippen LogP contribution in [0.4, 0.5) is 8.78 Å². The van der Waals surface area contributed by atoms with Gasteiger partial charge in [-0.1, -0.05) is 0 Å². The largest absolute Gasteiger partial charge is 0.356 e. The second kappa shape index (κ2) is 7.14. The third kappa shape index (κ3) is 3.95. The predicted octanol–water partition coefficient (Wildman–Crippen LogP) is 2.62. The number of hydrogen-bond donors (Lipinski definition) is 2. The second-order valence-corrected chi connectivity index (χ2v) is 7.85. The van der Waals surface area contributed by atoms with E-state index in [1.807, 2.05) is 12.1 Å². The summed E-state index contributed by atoms with van der Waals surface area (Å²) in [6, 6.07) is 3.39. The Balaban J connectivity index is 1.48. The molecule has 6 nitrogen and oxygen atoms in total. The first-order valence-corrected chi connectivity index (χ1v) is 9.68. The van der Waals surface area contributed by atoms with Crippen LogP contribution in [0.2, 0.25) is 0 Å². The van der Waals surface area contributed by atoms with Gasteiger partial charge in [0.25, 0.3) is 0 Å². The lowest BCUT2D eigenvalue weighted by Crippen LogP contribution is -2.37. The number of carbonyl (C=O) groups is 1. The van der Waals surface area contributed by atoms with Crippen molar-refractivity contribution in [2.24, 2.45) is 17.6 Å². The van der Waals surface area contributed by atoms with Crippen molar-refractivity contribution in [3.05, 3.63) is 29.7 Å². The molecule has 27 heavy (non-hydrogen) atoms. The summed E-state index contributed by atoms with van der Waals surface area (Å²) in [5.41, 5.74) is 8.52. The van der Waals surface area contributed by atoms with Crippen LogP contribution < -0.4 is 11.1 Å². The fraction of sp³-hybridized carbons (Fsp3) is 0.632. The monoisotopic (exact) mass is 377 g/mol. The van der Waals surface area contributed by atoms with Crippen LogP contribution in [0.3, 0.4) is 0 Å². The van der Waals surface area contributed by atoms with Crippen LogP contribution >= 0.6 is 0 Å². The summed E-state index contributed by atoms with van der Waals surface area (Å²) >= 11 is 0. The topological polar surface area (TPSA) is 85.3 Å². The van der Waals surface area contributed by atoms with Crippen molar-refractivity contribution >= 4 is 11.6 Å². The molecule has 3 heterocycles. The van der Waals surface area contributed by atoms with Crippen molar-refractivity contribution in [1.82, 2.24) is 19.9 Å². The first kappa shape index (κ1) is 18.3. The van der Waals surface area contributed by atoms with E-state index < -0.39 is 5.92 Å². The number of alkyl halides is 2. The van der Waals surface area contributed by atoms with Crippen molar-refractivity contribution in [1.29, 1.82) is 0 Å². The summed E-state index contributed by atoms with van der Waals surface area (Å²) in [5, 5.41) is 7.47. The lowest BCUT2D eigenvalue weighted by molar-refractivity contribution is -0.126. The maximum atomic E-state index is 13.4. The number of imidazole rings is 1. The van der Waals surface area contributed by atoms with E-state index in [0.717, 1.165) is 25.1 Å². The molecule has 1 saturated heterocycles. The number of nitrogens with two attached hydrogens (primary N) is 1. The normalized spacial score (nSPS) is 24.7. The summed E-state index contributed by atoms with van der Waals surface area (Å²) in [7, 11) is 0. The number of aromatic nitrogens is 3. The second-order valence-electron chi connectivity index (χ2n) is 7.85. The number of fused-ring (bicyclic) bond motifs is 1. The Morgan fingerprint density at radius 1 is 1.30 bits per heavy atom. The maximum Gasteiger partial charge on any atom is 0.248 e. The molecule has 0 unspecified atom stereocenters. The van der Waals surface area contributed by atoms with E-state index >= 15 is 0 Å². The number of nitrogens with zero attached hydrogens (tertiary/aromatic N) is 3. The average Bonchev–Trinajstić information content (AvgIpc) is 3.06. The highest BCUT2D eigenvalue weighted by Crippen LogP contribution is 2.40. The molecule has 0 radical (unpaired) electrons. The van der Waals surface area contributed by atoms with Crippen molar-refractivity contribution in [3.8, 4) is 0 Å². The number of nitrogens with one attached hydrogen (secondary N) is 1. The zero-order valence-corrected chi connectivity index (χ0v) is 15.2. The van der Waals surface area contributed by atoms with Gasteiger partial charge in [0, 0.05) is 31.7 Å². The molecule has 2 aromatic heterocycles. The third-order valence-corrected chi connectivity index (χ3v) is 5.86. The number of piperidine rings is 1. The van der Waals surface area contributed by atoms with Crippen molar-refractivity contribution in [3.63, 3.8) is 0 Å². The summed E-state index contributed by atoms with van der Waals surface area (Å²) < 4.78 is 28.4. The van der Waals surface area contributed by atoms with Crippen molar-refractivity contribution in [2.45, 2.75) is 56.9 Å². The molecular formula is C19H25F2N5O. The summed E-state index contributed by atoms with van der Waals surface area (Å²) in [5.74, 6) is -2.50. The van der Waals surface area contributed by atoms with E-state index in [2.05, 4.69) is 15.4 Å². The highest BCUT2D eigenvalue weighted by molar-refractivity contribution is 5.79. The fourth-order valence-electron chi connectivity index (χ4n) is 4.16. The lowest BCUT2D eigenvalue weighted by Gasteiger charge is -2.31. The molecule has 2 atom stereocenters. The fourth-order valence-corrected chi connectivity index (χ4v) is 4.16. The standard InChI is InChI=1S/C19H25F2N5O/c20-19(21)7-5-12(6-8-19)17(22)15-11-26-16(24-15)4-3-14(25-26)10-13-2-1-9-23-18(13)27/h3-4,11-13,17H,1-2,5-10,22H2,(H,23,27)/t13-,17+/m1/s1. The van der Waals surface area contributed by atoms with Gasteiger partial charge < -0.3 is 11.1 Å². The van der Waals surface area contributed by atoms with E-state index in [9.17, 15) is 13.6 Å². The number of rotatable bonds is 4. The van der Waals surface area contributed by atoms with Gasteiger partial charge in [0.15, 0.2) is 5.65 Å². The highest BCUT2D eigenvalue weighted by Gasteiger charge is 2.37. The molecule has 1 aliphatic heterocycles. The van der Waals surface area contributed by atoms with Gasteiger partial charge in [0.2, 0.25) is 11.8 Å². The van der Waals surface area contributed by atoms with E-state index in [0.29, 0.717) is 30.6 Å². The molecule has 2 fully saturated rings. The molecule has 3 N–H and O–H groups in total. The number of carbonyl (C=O) groups excluding carboxylic acids is 1. The molecule has 0 spiro atoms. The number of hydrogen-bond acceptors (Lipinski definition) is 4. The molecule has 146 valence electrons.